The number of rotatable bonds is 0. The Morgan fingerprint density at radius 1 is 0.727 bits per heavy atom. The minimum Gasteiger partial charge on any atom is -0.456 e. The van der Waals surface area contributed by atoms with Crippen LogP contribution in [0.2, 0.25) is 0 Å². The molecule has 5 rings (SSSR count). The van der Waals surface area contributed by atoms with Crippen LogP contribution in [-0.2, 0) is 0 Å². The molecule has 2 heterocycles. The quantitative estimate of drug-likeness (QED) is 0.376. The highest BCUT2D eigenvalue weighted by Crippen LogP contribution is 2.31. The van der Waals surface area contributed by atoms with Crippen LogP contribution in [0, 0.1) is 6.92 Å². The van der Waals surface area contributed by atoms with Gasteiger partial charge in [0.15, 0.2) is 0 Å². The fourth-order valence-corrected chi connectivity index (χ4v) is 3.06. The molecule has 0 amide bonds. The van der Waals surface area contributed by atoms with Crippen LogP contribution in [0.3, 0.4) is 0 Å². The maximum atomic E-state index is 5.93. The predicted molar refractivity (Wildman–Crippen MR) is 89.1 cm³/mol. The Bertz CT molecular complexity index is 1190. The lowest BCUT2D eigenvalue weighted by Crippen LogP contribution is -1.89. The van der Waals surface area contributed by atoms with Gasteiger partial charge in [-0.3, -0.25) is 0 Å². The summed E-state index contributed by atoms with van der Waals surface area (Å²) in [5.74, 6) is 0. The fraction of sp³-hybridized carbons (Fsp3) is 0.0526. The molecule has 22 heavy (non-hydrogen) atoms. The van der Waals surface area contributed by atoms with Crippen LogP contribution in [0.15, 0.2) is 59.0 Å². The summed E-state index contributed by atoms with van der Waals surface area (Å²) in [7, 11) is 0. The third-order valence-corrected chi connectivity index (χ3v) is 4.16. The van der Waals surface area contributed by atoms with Gasteiger partial charge in [0.1, 0.15) is 11.2 Å². The number of hydrogen-bond donors (Lipinski definition) is 0. The number of benzene rings is 3. The summed E-state index contributed by atoms with van der Waals surface area (Å²) >= 11 is 0. The van der Waals surface area contributed by atoms with E-state index in [-0.39, 0.29) is 0 Å². The Morgan fingerprint density at radius 3 is 2.55 bits per heavy atom. The van der Waals surface area contributed by atoms with E-state index in [2.05, 4.69) is 25.1 Å². The fourth-order valence-electron chi connectivity index (χ4n) is 3.06. The molecule has 0 radical (unpaired) electrons. The Labute approximate surface area is 126 Å². The van der Waals surface area contributed by atoms with Gasteiger partial charge in [-0.15, -0.1) is 0 Å². The zero-order valence-corrected chi connectivity index (χ0v) is 12.0. The van der Waals surface area contributed by atoms with Crippen LogP contribution in [0.25, 0.3) is 44.0 Å². The van der Waals surface area contributed by atoms with Gasteiger partial charge in [0, 0.05) is 16.8 Å². The van der Waals surface area contributed by atoms with Gasteiger partial charge in [-0.05, 0) is 30.7 Å². The van der Waals surface area contributed by atoms with E-state index in [1.54, 1.807) is 0 Å². The number of aryl methyl sites for hydroxylation is 1. The van der Waals surface area contributed by atoms with Crippen LogP contribution in [-0.4, -0.2) is 9.97 Å². The molecule has 5 aromatic rings. The van der Waals surface area contributed by atoms with Crippen molar-refractivity contribution in [1.82, 2.24) is 9.97 Å². The first-order valence-electron chi connectivity index (χ1n) is 7.28. The first-order chi connectivity index (χ1) is 10.8. The minimum absolute atomic E-state index is 0.856. The SMILES string of the molecule is Cc1cccc2nc3cc4oc5ccccc5c4cc3nc12. The van der Waals surface area contributed by atoms with E-state index in [0.717, 1.165) is 49.6 Å². The second-order valence-electron chi connectivity index (χ2n) is 5.60. The van der Waals surface area contributed by atoms with Crippen molar-refractivity contribution in [2.45, 2.75) is 6.92 Å². The Kier molecular flexibility index (Phi) is 2.15. The van der Waals surface area contributed by atoms with E-state index in [1.165, 1.54) is 0 Å². The van der Waals surface area contributed by atoms with Crippen molar-refractivity contribution in [3.05, 3.63) is 60.2 Å². The molecule has 0 atom stereocenters. The van der Waals surface area contributed by atoms with Crippen molar-refractivity contribution in [3.63, 3.8) is 0 Å². The van der Waals surface area contributed by atoms with Crippen molar-refractivity contribution in [1.29, 1.82) is 0 Å². The summed E-state index contributed by atoms with van der Waals surface area (Å²) in [6, 6.07) is 18.2. The summed E-state index contributed by atoms with van der Waals surface area (Å²) in [6.07, 6.45) is 0. The van der Waals surface area contributed by atoms with E-state index >= 15 is 0 Å². The van der Waals surface area contributed by atoms with Gasteiger partial charge in [0.25, 0.3) is 0 Å². The van der Waals surface area contributed by atoms with Crippen molar-refractivity contribution >= 4 is 44.0 Å². The molecule has 0 aliphatic carbocycles. The van der Waals surface area contributed by atoms with Crippen LogP contribution in [0.1, 0.15) is 5.56 Å². The van der Waals surface area contributed by atoms with Crippen LogP contribution in [0.4, 0.5) is 0 Å². The lowest BCUT2D eigenvalue weighted by atomic mass is 10.1. The molecule has 0 N–H and O–H groups in total. The molecule has 3 heteroatoms. The molecule has 0 spiro atoms. The first kappa shape index (κ1) is 11.7. The average Bonchev–Trinajstić information content (AvgIpc) is 2.89. The largest absolute Gasteiger partial charge is 0.456 e. The predicted octanol–water partition coefficient (Wildman–Crippen LogP) is 4.99. The Balaban J connectivity index is 1.98. The average molecular weight is 284 g/mol. The Hall–Kier alpha value is -2.94. The first-order valence-corrected chi connectivity index (χ1v) is 7.28. The molecule has 0 unspecified atom stereocenters. The molecule has 104 valence electrons. The third kappa shape index (κ3) is 1.51. The van der Waals surface area contributed by atoms with Gasteiger partial charge < -0.3 is 4.42 Å². The van der Waals surface area contributed by atoms with Crippen LogP contribution >= 0.6 is 0 Å². The molecular weight excluding hydrogens is 272 g/mol. The lowest BCUT2D eigenvalue weighted by molar-refractivity contribution is 0.669. The maximum absolute atomic E-state index is 5.93. The number of para-hydroxylation sites is 2. The van der Waals surface area contributed by atoms with Crippen molar-refractivity contribution < 1.29 is 4.42 Å². The molecule has 0 saturated heterocycles. The van der Waals surface area contributed by atoms with E-state index in [9.17, 15) is 0 Å². The maximum Gasteiger partial charge on any atom is 0.137 e. The zero-order chi connectivity index (χ0) is 14.7. The summed E-state index contributed by atoms with van der Waals surface area (Å²) in [5, 5.41) is 2.21. The summed E-state index contributed by atoms with van der Waals surface area (Å²) in [4.78, 5) is 9.55. The number of furan rings is 1. The summed E-state index contributed by atoms with van der Waals surface area (Å²) < 4.78 is 5.93. The molecular formula is C19H12N2O. The van der Waals surface area contributed by atoms with Crippen molar-refractivity contribution in [2.24, 2.45) is 0 Å². The van der Waals surface area contributed by atoms with Gasteiger partial charge in [0.2, 0.25) is 0 Å². The standard InChI is InChI=1S/C19H12N2O/c1-11-5-4-7-14-19(11)21-15-9-13-12-6-2-3-8-17(12)22-18(13)10-16(15)20-14/h2-10H,1H3. The van der Waals surface area contributed by atoms with Crippen LogP contribution < -0.4 is 0 Å². The van der Waals surface area contributed by atoms with E-state index < -0.39 is 0 Å². The van der Waals surface area contributed by atoms with Gasteiger partial charge >= 0.3 is 0 Å². The normalized spacial score (nSPS) is 11.9. The highest BCUT2D eigenvalue weighted by Gasteiger charge is 2.10. The van der Waals surface area contributed by atoms with Crippen molar-refractivity contribution in [3.8, 4) is 0 Å². The van der Waals surface area contributed by atoms with Gasteiger partial charge in [-0.25, -0.2) is 9.97 Å². The monoisotopic (exact) mass is 284 g/mol. The number of fused-ring (bicyclic) bond motifs is 5. The second-order valence-corrected chi connectivity index (χ2v) is 5.60. The van der Waals surface area contributed by atoms with Crippen LogP contribution in [0.5, 0.6) is 0 Å². The second kappa shape index (κ2) is 4.04. The van der Waals surface area contributed by atoms with Gasteiger partial charge in [-0.2, -0.15) is 0 Å². The molecule has 2 aromatic heterocycles. The van der Waals surface area contributed by atoms with E-state index in [4.69, 9.17) is 14.4 Å². The summed E-state index contributed by atoms with van der Waals surface area (Å²) in [5.41, 5.74) is 6.54. The highest BCUT2D eigenvalue weighted by atomic mass is 16.3. The van der Waals surface area contributed by atoms with Gasteiger partial charge in [0.05, 0.1) is 22.1 Å². The highest BCUT2D eigenvalue weighted by molar-refractivity contribution is 6.09. The minimum atomic E-state index is 0.856. The molecule has 0 aliphatic heterocycles. The lowest BCUT2D eigenvalue weighted by Gasteiger charge is -2.03. The molecule has 3 aromatic carbocycles. The van der Waals surface area contributed by atoms with Gasteiger partial charge in [-0.1, -0.05) is 30.3 Å². The molecule has 3 nitrogen and oxygen atoms in total. The number of hydrogen-bond acceptors (Lipinski definition) is 3. The third-order valence-electron chi connectivity index (χ3n) is 4.16. The summed E-state index contributed by atoms with van der Waals surface area (Å²) in [6.45, 7) is 2.06. The molecule has 0 bridgehead atoms. The molecule has 0 fully saturated rings. The molecule has 0 saturated carbocycles. The smallest absolute Gasteiger partial charge is 0.137 e. The molecule has 0 aliphatic rings. The Morgan fingerprint density at radius 2 is 1.59 bits per heavy atom. The number of aromatic nitrogens is 2. The van der Waals surface area contributed by atoms with Crippen molar-refractivity contribution in [2.75, 3.05) is 0 Å². The number of nitrogens with zero attached hydrogens (tertiary/aromatic N) is 2. The topological polar surface area (TPSA) is 38.9 Å². The van der Waals surface area contributed by atoms with E-state index in [0.29, 0.717) is 0 Å². The zero-order valence-electron chi connectivity index (χ0n) is 12.0. The van der Waals surface area contributed by atoms with E-state index in [1.807, 2.05) is 36.4 Å².